The van der Waals surface area contributed by atoms with Gasteiger partial charge in [-0.1, -0.05) is 0 Å². The van der Waals surface area contributed by atoms with E-state index in [0.29, 0.717) is 11.3 Å². The zero-order valence-corrected chi connectivity index (χ0v) is 11.1. The summed E-state index contributed by atoms with van der Waals surface area (Å²) in [5, 5.41) is 2.60. The number of aromatic amines is 1. The molecule has 2 aromatic rings. The Morgan fingerprint density at radius 2 is 2.14 bits per heavy atom. The first kappa shape index (κ1) is 14.9. The maximum Gasteiger partial charge on any atom is 0.405 e. The van der Waals surface area contributed by atoms with Crippen LogP contribution in [0, 0.1) is 0 Å². The largest absolute Gasteiger partial charge is 0.405 e. The van der Waals surface area contributed by atoms with Gasteiger partial charge in [0.05, 0.1) is 17.4 Å². The van der Waals surface area contributed by atoms with Crippen LogP contribution in [0.2, 0.25) is 0 Å². The van der Waals surface area contributed by atoms with E-state index in [-0.39, 0.29) is 11.7 Å². The summed E-state index contributed by atoms with van der Waals surface area (Å²) in [5.41, 5.74) is 0.860. The average molecular weight is 298 g/mol. The Morgan fingerprint density at radius 1 is 1.38 bits per heavy atom. The predicted octanol–water partition coefficient (Wildman–Crippen LogP) is 2.66. The summed E-state index contributed by atoms with van der Waals surface area (Å²) in [5.74, 6) is -0.151. The highest BCUT2D eigenvalue weighted by Crippen LogP contribution is 2.20. The molecule has 0 aliphatic carbocycles. The van der Waals surface area contributed by atoms with E-state index < -0.39 is 12.7 Å². The number of nitrogens with zero attached hydrogens (tertiary/aromatic N) is 2. The molecule has 5 nitrogen and oxygen atoms in total. The van der Waals surface area contributed by atoms with Crippen LogP contribution in [0.4, 0.5) is 24.7 Å². The number of aromatic nitrogens is 2. The lowest BCUT2D eigenvalue weighted by atomic mass is 10.3. The van der Waals surface area contributed by atoms with E-state index in [1.54, 1.807) is 12.3 Å². The van der Waals surface area contributed by atoms with Crippen LogP contribution >= 0.6 is 0 Å². The lowest BCUT2D eigenvalue weighted by Crippen LogP contribution is -2.31. The van der Waals surface area contributed by atoms with Crippen molar-refractivity contribution in [2.75, 3.05) is 23.8 Å². The number of H-pyrrole nitrogens is 1. The second-order valence-corrected chi connectivity index (χ2v) is 4.43. The predicted molar refractivity (Wildman–Crippen MR) is 72.3 cm³/mol. The first-order valence-electron chi connectivity index (χ1n) is 6.03. The maximum atomic E-state index is 12.3. The summed E-state index contributed by atoms with van der Waals surface area (Å²) < 4.78 is 36.8. The summed E-state index contributed by atoms with van der Waals surface area (Å²) in [6.45, 7) is -1.09. The van der Waals surface area contributed by atoms with E-state index in [1.807, 2.05) is 0 Å². The Balaban J connectivity index is 2.00. The van der Waals surface area contributed by atoms with Crippen LogP contribution in [0.25, 0.3) is 0 Å². The highest BCUT2D eigenvalue weighted by atomic mass is 19.4. The minimum atomic E-state index is -4.29. The number of alkyl halides is 3. The molecule has 0 saturated carbocycles. The van der Waals surface area contributed by atoms with E-state index in [1.165, 1.54) is 31.6 Å². The number of anilines is 2. The highest BCUT2D eigenvalue weighted by Gasteiger charge is 2.29. The fourth-order valence-electron chi connectivity index (χ4n) is 1.70. The van der Waals surface area contributed by atoms with Gasteiger partial charge in [0.25, 0.3) is 5.91 Å². The number of hydrogen-bond donors (Lipinski definition) is 2. The van der Waals surface area contributed by atoms with Gasteiger partial charge in [0, 0.05) is 19.4 Å². The average Bonchev–Trinajstić information content (AvgIpc) is 2.91. The molecule has 21 heavy (non-hydrogen) atoms. The maximum absolute atomic E-state index is 12.3. The number of amides is 1. The molecule has 0 radical (unpaired) electrons. The number of carbonyl (C=O) groups excluding carboxylic acids is 1. The first-order chi connectivity index (χ1) is 9.85. The molecule has 0 bridgehead atoms. The van der Waals surface area contributed by atoms with Gasteiger partial charge < -0.3 is 15.2 Å². The van der Waals surface area contributed by atoms with Crippen molar-refractivity contribution >= 4 is 17.4 Å². The van der Waals surface area contributed by atoms with E-state index in [4.69, 9.17) is 0 Å². The number of carbonyl (C=O) groups is 1. The Kier molecular flexibility index (Phi) is 4.15. The third-order valence-corrected chi connectivity index (χ3v) is 2.67. The van der Waals surface area contributed by atoms with Crippen LogP contribution < -0.4 is 10.2 Å². The molecule has 2 heterocycles. The zero-order valence-electron chi connectivity index (χ0n) is 11.1. The minimum Gasteiger partial charge on any atom is -0.367 e. The summed E-state index contributed by atoms with van der Waals surface area (Å²) >= 11 is 0. The quantitative estimate of drug-likeness (QED) is 0.912. The molecule has 2 aromatic heterocycles. The molecule has 0 atom stereocenters. The molecule has 0 fully saturated rings. The molecular formula is C13H13F3N4O. The van der Waals surface area contributed by atoms with Crippen LogP contribution in [-0.2, 0) is 0 Å². The van der Waals surface area contributed by atoms with E-state index >= 15 is 0 Å². The summed E-state index contributed by atoms with van der Waals surface area (Å²) in [6, 6.07) is 4.52. The topological polar surface area (TPSA) is 61.0 Å². The van der Waals surface area contributed by atoms with Gasteiger partial charge in [-0.3, -0.25) is 4.79 Å². The monoisotopic (exact) mass is 298 g/mol. The standard InChI is InChI=1S/C13H13F3N4O/c1-20(8-13(14,15)16)11-3-2-10(7-18-11)19-12(21)9-4-5-17-6-9/h2-7,17H,8H2,1H3,(H,19,21). The van der Waals surface area contributed by atoms with Crippen molar-refractivity contribution in [2.45, 2.75) is 6.18 Å². The van der Waals surface area contributed by atoms with Crippen molar-refractivity contribution in [3.8, 4) is 0 Å². The molecule has 2 N–H and O–H groups in total. The molecule has 2 rings (SSSR count). The van der Waals surface area contributed by atoms with Crippen LogP contribution in [0.15, 0.2) is 36.8 Å². The normalized spacial score (nSPS) is 11.2. The van der Waals surface area contributed by atoms with Gasteiger partial charge in [-0.2, -0.15) is 13.2 Å². The number of halogens is 3. The Morgan fingerprint density at radius 3 is 2.67 bits per heavy atom. The van der Waals surface area contributed by atoms with Gasteiger partial charge in [-0.25, -0.2) is 4.98 Å². The van der Waals surface area contributed by atoms with Crippen LogP contribution in [0.5, 0.6) is 0 Å². The van der Waals surface area contributed by atoms with Gasteiger partial charge in [0.15, 0.2) is 0 Å². The van der Waals surface area contributed by atoms with Crippen molar-refractivity contribution in [3.05, 3.63) is 42.4 Å². The van der Waals surface area contributed by atoms with Crippen molar-refractivity contribution in [2.24, 2.45) is 0 Å². The molecule has 0 aromatic carbocycles. The first-order valence-corrected chi connectivity index (χ1v) is 6.03. The van der Waals surface area contributed by atoms with Crippen LogP contribution in [0.3, 0.4) is 0 Å². The molecular weight excluding hydrogens is 285 g/mol. The second kappa shape index (κ2) is 5.86. The Bertz CT molecular complexity index is 593. The second-order valence-electron chi connectivity index (χ2n) is 4.43. The smallest absolute Gasteiger partial charge is 0.367 e. The Labute approximate surface area is 118 Å². The van der Waals surface area contributed by atoms with Crippen LogP contribution in [-0.4, -0.2) is 35.6 Å². The fraction of sp³-hybridized carbons (Fsp3) is 0.231. The lowest BCUT2D eigenvalue weighted by molar-refractivity contribution is -0.119. The molecule has 0 aliphatic heterocycles. The van der Waals surface area contributed by atoms with Gasteiger partial charge in [-0.15, -0.1) is 0 Å². The number of rotatable bonds is 4. The number of nitrogens with one attached hydrogen (secondary N) is 2. The van der Waals surface area contributed by atoms with Gasteiger partial charge in [0.2, 0.25) is 0 Å². The van der Waals surface area contributed by atoms with Gasteiger partial charge >= 0.3 is 6.18 Å². The van der Waals surface area contributed by atoms with E-state index in [0.717, 1.165) is 4.90 Å². The molecule has 0 saturated heterocycles. The summed E-state index contributed by atoms with van der Waals surface area (Å²) in [4.78, 5) is 19.4. The third-order valence-electron chi connectivity index (χ3n) is 2.67. The summed E-state index contributed by atoms with van der Waals surface area (Å²) in [7, 11) is 1.30. The van der Waals surface area contributed by atoms with Crippen LogP contribution in [0.1, 0.15) is 10.4 Å². The molecule has 8 heteroatoms. The van der Waals surface area contributed by atoms with Crippen molar-refractivity contribution < 1.29 is 18.0 Å². The van der Waals surface area contributed by atoms with Crippen molar-refractivity contribution in [1.82, 2.24) is 9.97 Å². The highest BCUT2D eigenvalue weighted by molar-refractivity contribution is 6.04. The fourth-order valence-corrected chi connectivity index (χ4v) is 1.70. The van der Waals surface area contributed by atoms with Crippen molar-refractivity contribution in [3.63, 3.8) is 0 Å². The number of hydrogen-bond acceptors (Lipinski definition) is 3. The van der Waals surface area contributed by atoms with Crippen molar-refractivity contribution in [1.29, 1.82) is 0 Å². The lowest BCUT2D eigenvalue weighted by Gasteiger charge is -2.19. The third kappa shape index (κ3) is 4.23. The molecule has 0 spiro atoms. The molecule has 0 aliphatic rings. The molecule has 112 valence electrons. The van der Waals surface area contributed by atoms with E-state index in [9.17, 15) is 18.0 Å². The molecule has 1 amide bonds. The summed E-state index contributed by atoms with van der Waals surface area (Å²) in [6.07, 6.45) is 0.168. The molecule has 0 unspecified atom stereocenters. The Hall–Kier alpha value is -2.51. The minimum absolute atomic E-state index is 0.173. The van der Waals surface area contributed by atoms with E-state index in [2.05, 4.69) is 15.3 Å². The SMILES string of the molecule is CN(CC(F)(F)F)c1ccc(NC(=O)c2cc[nH]c2)cn1. The zero-order chi connectivity index (χ0) is 15.5. The van der Waals surface area contributed by atoms with Gasteiger partial charge in [-0.05, 0) is 18.2 Å². The van der Waals surface area contributed by atoms with Gasteiger partial charge in [0.1, 0.15) is 12.4 Å². The number of pyridine rings is 1.